The van der Waals surface area contributed by atoms with Gasteiger partial charge in [-0.15, -0.1) is 11.3 Å². The lowest BCUT2D eigenvalue weighted by atomic mass is 10.1. The highest BCUT2D eigenvalue weighted by Gasteiger charge is 2.15. The van der Waals surface area contributed by atoms with Crippen LogP contribution in [0.3, 0.4) is 0 Å². The zero-order chi connectivity index (χ0) is 18.5. The second-order valence-corrected chi connectivity index (χ2v) is 6.26. The number of benzene rings is 1. The van der Waals surface area contributed by atoms with E-state index in [2.05, 4.69) is 10.3 Å². The van der Waals surface area contributed by atoms with Crippen molar-refractivity contribution in [3.63, 3.8) is 0 Å². The van der Waals surface area contributed by atoms with Gasteiger partial charge in [0, 0.05) is 40.7 Å². The maximum Gasteiger partial charge on any atom is 0.257 e. The van der Waals surface area contributed by atoms with Crippen molar-refractivity contribution in [2.45, 2.75) is 7.43 Å². The number of hydrogen-bond donors (Lipinski definition) is 1. The van der Waals surface area contributed by atoms with Gasteiger partial charge in [-0.25, -0.2) is 0 Å². The molecular formula is C20H22N2O4S. The largest absolute Gasteiger partial charge is 0.493 e. The summed E-state index contributed by atoms with van der Waals surface area (Å²) in [6, 6.07) is 9.11. The zero-order valence-corrected chi connectivity index (χ0v) is 15.4. The van der Waals surface area contributed by atoms with E-state index in [4.69, 9.17) is 14.2 Å². The summed E-state index contributed by atoms with van der Waals surface area (Å²) in [5.41, 5.74) is 1.90. The maximum absolute atomic E-state index is 12.6. The number of ether oxygens (including phenoxy) is 3. The van der Waals surface area contributed by atoms with Gasteiger partial charge in [-0.1, -0.05) is 13.5 Å². The van der Waals surface area contributed by atoms with Crippen LogP contribution in [0, 0.1) is 0 Å². The standard InChI is InChI=1S/C19H18N2O4S.CH4/c1-23-15-8-14(9-16(24-2)18(15)25-3)21-19(22)13-7-12(10-20-11-13)17-5-4-6-26-17;/h4-11H,1-3H3,(H,21,22);1H4. The summed E-state index contributed by atoms with van der Waals surface area (Å²) in [4.78, 5) is 17.9. The Hall–Kier alpha value is -3.06. The second kappa shape index (κ2) is 9.05. The number of nitrogens with one attached hydrogen (secondary N) is 1. The fourth-order valence-electron chi connectivity index (χ4n) is 2.50. The molecule has 0 aliphatic carbocycles. The first-order chi connectivity index (χ1) is 12.7. The maximum atomic E-state index is 12.6. The van der Waals surface area contributed by atoms with E-state index in [9.17, 15) is 4.79 Å². The lowest BCUT2D eigenvalue weighted by Crippen LogP contribution is -2.12. The molecule has 3 rings (SSSR count). The first-order valence-electron chi connectivity index (χ1n) is 7.76. The quantitative estimate of drug-likeness (QED) is 0.663. The van der Waals surface area contributed by atoms with Crippen LogP contribution < -0.4 is 19.5 Å². The van der Waals surface area contributed by atoms with Gasteiger partial charge in [0.25, 0.3) is 5.91 Å². The van der Waals surface area contributed by atoms with Gasteiger partial charge < -0.3 is 19.5 Å². The molecule has 2 heterocycles. The molecule has 0 spiro atoms. The number of aromatic nitrogens is 1. The lowest BCUT2D eigenvalue weighted by Gasteiger charge is -2.14. The summed E-state index contributed by atoms with van der Waals surface area (Å²) in [5.74, 6) is 1.12. The molecule has 0 fully saturated rings. The molecule has 0 bridgehead atoms. The molecule has 2 aromatic heterocycles. The van der Waals surface area contributed by atoms with Crippen molar-refractivity contribution >= 4 is 22.9 Å². The molecule has 0 atom stereocenters. The summed E-state index contributed by atoms with van der Waals surface area (Å²) in [6.07, 6.45) is 3.27. The number of pyridine rings is 1. The Morgan fingerprint density at radius 2 is 1.74 bits per heavy atom. The monoisotopic (exact) mass is 386 g/mol. The third-order valence-electron chi connectivity index (χ3n) is 3.73. The fraction of sp³-hybridized carbons (Fsp3) is 0.200. The van der Waals surface area contributed by atoms with E-state index in [1.807, 2.05) is 23.6 Å². The van der Waals surface area contributed by atoms with Crippen LogP contribution in [0.1, 0.15) is 17.8 Å². The van der Waals surface area contributed by atoms with Crippen LogP contribution in [0.5, 0.6) is 17.2 Å². The number of thiophene rings is 1. The first-order valence-corrected chi connectivity index (χ1v) is 8.64. The molecule has 3 aromatic rings. The van der Waals surface area contributed by atoms with Crippen molar-refractivity contribution in [1.82, 2.24) is 4.98 Å². The number of carbonyl (C=O) groups is 1. The van der Waals surface area contributed by atoms with E-state index in [1.54, 1.807) is 29.7 Å². The molecule has 1 amide bonds. The van der Waals surface area contributed by atoms with E-state index < -0.39 is 0 Å². The molecule has 0 aliphatic rings. The highest BCUT2D eigenvalue weighted by Crippen LogP contribution is 2.40. The first kappa shape index (κ1) is 20.3. The van der Waals surface area contributed by atoms with Gasteiger partial charge in [-0.3, -0.25) is 9.78 Å². The molecule has 0 aliphatic heterocycles. The SMILES string of the molecule is C.COc1cc(NC(=O)c2cncc(-c3cccs3)c2)cc(OC)c1OC. The Morgan fingerprint density at radius 1 is 1.04 bits per heavy atom. The Morgan fingerprint density at radius 3 is 2.30 bits per heavy atom. The third-order valence-corrected chi connectivity index (χ3v) is 4.65. The highest BCUT2D eigenvalue weighted by molar-refractivity contribution is 7.13. The van der Waals surface area contributed by atoms with Crippen LogP contribution in [-0.4, -0.2) is 32.2 Å². The van der Waals surface area contributed by atoms with Gasteiger partial charge in [-0.05, 0) is 17.5 Å². The topological polar surface area (TPSA) is 69.7 Å². The Labute approximate surface area is 162 Å². The minimum Gasteiger partial charge on any atom is -0.493 e. The molecule has 142 valence electrons. The number of amides is 1. The molecule has 27 heavy (non-hydrogen) atoms. The van der Waals surface area contributed by atoms with E-state index >= 15 is 0 Å². The van der Waals surface area contributed by atoms with Crippen molar-refractivity contribution in [3.8, 4) is 27.7 Å². The van der Waals surface area contributed by atoms with Crippen molar-refractivity contribution in [3.05, 3.63) is 53.7 Å². The average molecular weight is 386 g/mol. The van der Waals surface area contributed by atoms with Crippen LogP contribution in [-0.2, 0) is 0 Å². The van der Waals surface area contributed by atoms with Crippen LogP contribution in [0.2, 0.25) is 0 Å². The lowest BCUT2D eigenvalue weighted by molar-refractivity contribution is 0.102. The molecule has 6 nitrogen and oxygen atoms in total. The summed E-state index contributed by atoms with van der Waals surface area (Å²) < 4.78 is 15.9. The van der Waals surface area contributed by atoms with Gasteiger partial charge in [0.1, 0.15) is 0 Å². The number of anilines is 1. The van der Waals surface area contributed by atoms with Crippen molar-refractivity contribution in [2.24, 2.45) is 0 Å². The molecule has 7 heteroatoms. The van der Waals surface area contributed by atoms with Gasteiger partial charge in [0.05, 0.1) is 26.9 Å². The minimum atomic E-state index is -0.273. The van der Waals surface area contributed by atoms with Crippen molar-refractivity contribution in [1.29, 1.82) is 0 Å². The fourth-order valence-corrected chi connectivity index (χ4v) is 3.21. The number of nitrogens with zero attached hydrogens (tertiary/aromatic N) is 1. The van der Waals surface area contributed by atoms with Gasteiger partial charge in [0.15, 0.2) is 11.5 Å². The Kier molecular flexibility index (Phi) is 6.79. The number of hydrogen-bond acceptors (Lipinski definition) is 6. The summed E-state index contributed by atoms with van der Waals surface area (Å²) in [5, 5.41) is 4.82. The minimum absolute atomic E-state index is 0. The highest BCUT2D eigenvalue weighted by atomic mass is 32.1. The predicted molar refractivity (Wildman–Crippen MR) is 108 cm³/mol. The molecule has 1 N–H and O–H groups in total. The number of rotatable bonds is 6. The van der Waals surface area contributed by atoms with Crippen molar-refractivity contribution in [2.75, 3.05) is 26.6 Å². The van der Waals surface area contributed by atoms with Gasteiger partial charge >= 0.3 is 0 Å². The van der Waals surface area contributed by atoms with Crippen LogP contribution in [0.4, 0.5) is 5.69 Å². The summed E-state index contributed by atoms with van der Waals surface area (Å²) in [7, 11) is 4.58. The van der Waals surface area contributed by atoms with Gasteiger partial charge in [0.2, 0.25) is 5.75 Å². The predicted octanol–water partition coefficient (Wildman–Crippen LogP) is 4.72. The smallest absolute Gasteiger partial charge is 0.257 e. The summed E-state index contributed by atoms with van der Waals surface area (Å²) >= 11 is 1.60. The zero-order valence-electron chi connectivity index (χ0n) is 14.6. The Bertz CT molecular complexity index is 885. The van der Waals surface area contributed by atoms with Crippen LogP contribution >= 0.6 is 11.3 Å². The molecule has 0 saturated heterocycles. The number of carbonyl (C=O) groups excluding carboxylic acids is 1. The van der Waals surface area contributed by atoms with Crippen molar-refractivity contribution < 1.29 is 19.0 Å². The third kappa shape index (κ3) is 4.38. The van der Waals surface area contributed by atoms with Crippen LogP contribution in [0.25, 0.3) is 10.4 Å². The normalized spacial score (nSPS) is 9.89. The van der Waals surface area contributed by atoms with E-state index in [-0.39, 0.29) is 13.3 Å². The summed E-state index contributed by atoms with van der Waals surface area (Å²) in [6.45, 7) is 0. The number of methoxy groups -OCH3 is 3. The average Bonchev–Trinajstić information content (AvgIpc) is 3.22. The van der Waals surface area contributed by atoms with E-state index in [1.165, 1.54) is 27.5 Å². The molecular weight excluding hydrogens is 364 g/mol. The molecule has 0 saturated carbocycles. The Balaban J connectivity index is 0.00000261. The van der Waals surface area contributed by atoms with Crippen LogP contribution in [0.15, 0.2) is 48.1 Å². The van der Waals surface area contributed by atoms with E-state index in [0.717, 1.165) is 10.4 Å². The van der Waals surface area contributed by atoms with E-state index in [0.29, 0.717) is 28.5 Å². The second-order valence-electron chi connectivity index (χ2n) is 5.31. The molecule has 0 unspecified atom stereocenters. The van der Waals surface area contributed by atoms with Gasteiger partial charge in [-0.2, -0.15) is 0 Å². The molecule has 0 radical (unpaired) electrons. The molecule has 1 aromatic carbocycles.